The van der Waals surface area contributed by atoms with Crippen LogP contribution >= 0.6 is 11.6 Å². The third-order valence-corrected chi connectivity index (χ3v) is 4.38. The summed E-state index contributed by atoms with van der Waals surface area (Å²) in [6.07, 6.45) is 2.21. The van der Waals surface area contributed by atoms with Gasteiger partial charge in [0.2, 0.25) is 0 Å². The Hall–Kier alpha value is -1.13. The van der Waals surface area contributed by atoms with Crippen LogP contribution in [0.5, 0.6) is 0 Å². The zero-order chi connectivity index (χ0) is 14.8. The Morgan fingerprint density at radius 3 is 2.90 bits per heavy atom. The van der Waals surface area contributed by atoms with E-state index in [4.69, 9.17) is 11.6 Å². The third-order valence-electron chi connectivity index (χ3n) is 4.02. The summed E-state index contributed by atoms with van der Waals surface area (Å²) in [5, 5.41) is 9.86. The lowest BCUT2D eigenvalue weighted by Gasteiger charge is -2.24. The van der Waals surface area contributed by atoms with Crippen molar-refractivity contribution in [3.8, 4) is 0 Å². The van der Waals surface area contributed by atoms with Gasteiger partial charge in [-0.05, 0) is 37.1 Å². The van der Waals surface area contributed by atoms with Crippen molar-refractivity contribution < 1.29 is 14.3 Å². The van der Waals surface area contributed by atoms with Crippen LogP contribution in [-0.2, 0) is 11.3 Å². The molecule has 0 radical (unpaired) electrons. The first-order valence-electron chi connectivity index (χ1n) is 6.86. The normalized spacial score (nSPS) is 23.1. The second-order valence-corrected chi connectivity index (χ2v) is 5.94. The zero-order valence-corrected chi connectivity index (χ0v) is 12.3. The molecule has 1 heterocycles. The number of hydrogen-bond donors (Lipinski definition) is 1. The van der Waals surface area contributed by atoms with Crippen molar-refractivity contribution in [1.82, 2.24) is 4.90 Å². The molecule has 0 saturated carbocycles. The van der Waals surface area contributed by atoms with Crippen molar-refractivity contribution in [2.75, 3.05) is 13.1 Å². The molecular formula is C15H19ClFNO2. The maximum Gasteiger partial charge on any atom is 0.310 e. The van der Waals surface area contributed by atoms with Crippen molar-refractivity contribution in [3.63, 3.8) is 0 Å². The van der Waals surface area contributed by atoms with E-state index in [1.54, 1.807) is 6.07 Å². The Labute approximate surface area is 123 Å². The molecule has 1 unspecified atom stereocenters. The summed E-state index contributed by atoms with van der Waals surface area (Å²) in [6, 6.07) is 4.34. The monoisotopic (exact) mass is 299 g/mol. The predicted octanol–water partition coefficient (Wildman–Crippen LogP) is 3.56. The number of likely N-dealkylation sites (tertiary alicyclic amines) is 1. The van der Waals surface area contributed by atoms with E-state index in [0.717, 1.165) is 18.5 Å². The fraction of sp³-hybridized carbons (Fsp3) is 0.533. The maximum atomic E-state index is 13.0. The molecule has 1 atom stereocenters. The van der Waals surface area contributed by atoms with Crippen LogP contribution in [0.4, 0.5) is 4.39 Å². The number of halogens is 2. The molecule has 1 aliphatic heterocycles. The number of carboxylic acid groups (broad SMARTS) is 1. The Morgan fingerprint density at radius 1 is 1.55 bits per heavy atom. The van der Waals surface area contributed by atoms with Gasteiger partial charge in [0.05, 0.1) is 5.41 Å². The first-order valence-corrected chi connectivity index (χ1v) is 7.24. The molecule has 0 spiro atoms. The minimum atomic E-state index is -0.716. The topological polar surface area (TPSA) is 40.5 Å². The van der Waals surface area contributed by atoms with Gasteiger partial charge in [0.25, 0.3) is 0 Å². The van der Waals surface area contributed by atoms with Gasteiger partial charge in [0.15, 0.2) is 0 Å². The molecule has 3 nitrogen and oxygen atoms in total. The van der Waals surface area contributed by atoms with E-state index in [0.29, 0.717) is 31.0 Å². The highest BCUT2D eigenvalue weighted by Gasteiger charge is 2.43. The van der Waals surface area contributed by atoms with Crippen LogP contribution in [0, 0.1) is 11.2 Å². The van der Waals surface area contributed by atoms with Gasteiger partial charge in [-0.25, -0.2) is 4.39 Å². The molecule has 0 aromatic heterocycles. The number of carbonyl (C=O) groups is 1. The van der Waals surface area contributed by atoms with Gasteiger partial charge >= 0.3 is 5.97 Å². The Kier molecular flexibility index (Phi) is 4.66. The molecule has 1 fully saturated rings. The average molecular weight is 300 g/mol. The Bertz CT molecular complexity index is 509. The van der Waals surface area contributed by atoms with Gasteiger partial charge in [-0.15, -0.1) is 0 Å². The van der Waals surface area contributed by atoms with Gasteiger partial charge in [-0.2, -0.15) is 0 Å². The lowest BCUT2D eigenvalue weighted by atomic mass is 9.83. The average Bonchev–Trinajstić information content (AvgIpc) is 2.78. The van der Waals surface area contributed by atoms with Gasteiger partial charge in [0, 0.05) is 18.1 Å². The quantitative estimate of drug-likeness (QED) is 0.904. The molecule has 1 aromatic rings. The molecule has 1 N–H and O–H groups in total. The van der Waals surface area contributed by atoms with Crippen molar-refractivity contribution in [1.29, 1.82) is 0 Å². The van der Waals surface area contributed by atoms with Crippen molar-refractivity contribution in [2.45, 2.75) is 32.7 Å². The molecule has 20 heavy (non-hydrogen) atoms. The summed E-state index contributed by atoms with van der Waals surface area (Å²) in [6.45, 7) is 3.84. The summed E-state index contributed by atoms with van der Waals surface area (Å²) in [5.74, 6) is -1.07. The lowest BCUT2D eigenvalue weighted by molar-refractivity contribution is -0.148. The summed E-state index contributed by atoms with van der Waals surface area (Å²) in [5.41, 5.74) is 0.201. The molecule has 1 saturated heterocycles. The molecule has 110 valence electrons. The molecule has 1 aliphatic rings. The number of benzene rings is 1. The number of rotatable bonds is 5. The number of aliphatic carboxylic acids is 1. The van der Waals surface area contributed by atoms with E-state index in [1.807, 2.05) is 6.92 Å². The van der Waals surface area contributed by atoms with E-state index < -0.39 is 11.4 Å². The van der Waals surface area contributed by atoms with Crippen LogP contribution in [0.15, 0.2) is 18.2 Å². The second kappa shape index (κ2) is 6.10. The minimum Gasteiger partial charge on any atom is -0.481 e. The van der Waals surface area contributed by atoms with E-state index in [9.17, 15) is 14.3 Å². The van der Waals surface area contributed by atoms with Gasteiger partial charge in [-0.3, -0.25) is 9.69 Å². The highest BCUT2D eigenvalue weighted by molar-refractivity contribution is 6.31. The minimum absolute atomic E-state index is 0.356. The number of hydrogen-bond acceptors (Lipinski definition) is 2. The molecule has 0 amide bonds. The van der Waals surface area contributed by atoms with Crippen molar-refractivity contribution in [3.05, 3.63) is 34.6 Å². The van der Waals surface area contributed by atoms with Crippen LogP contribution in [0.3, 0.4) is 0 Å². The molecule has 1 aromatic carbocycles. The van der Waals surface area contributed by atoms with Crippen LogP contribution < -0.4 is 0 Å². The summed E-state index contributed by atoms with van der Waals surface area (Å²) in [4.78, 5) is 13.6. The van der Waals surface area contributed by atoms with E-state index in [1.165, 1.54) is 12.1 Å². The maximum absolute atomic E-state index is 13.0. The van der Waals surface area contributed by atoms with E-state index in [-0.39, 0.29) is 5.82 Å². The van der Waals surface area contributed by atoms with Crippen LogP contribution in [0.2, 0.25) is 5.02 Å². The molecular weight excluding hydrogens is 281 g/mol. The fourth-order valence-corrected chi connectivity index (χ4v) is 3.18. The highest BCUT2D eigenvalue weighted by atomic mass is 35.5. The largest absolute Gasteiger partial charge is 0.481 e. The fourth-order valence-electron chi connectivity index (χ4n) is 2.95. The van der Waals surface area contributed by atoms with Crippen LogP contribution in [-0.4, -0.2) is 29.1 Å². The zero-order valence-electron chi connectivity index (χ0n) is 11.5. The molecule has 0 aliphatic carbocycles. The predicted molar refractivity (Wildman–Crippen MR) is 76.3 cm³/mol. The van der Waals surface area contributed by atoms with Gasteiger partial charge in [0.1, 0.15) is 5.82 Å². The number of carboxylic acids is 1. The lowest BCUT2D eigenvalue weighted by Crippen LogP contribution is -2.34. The number of nitrogens with zero attached hydrogens (tertiary/aromatic N) is 1. The smallest absolute Gasteiger partial charge is 0.310 e. The van der Waals surface area contributed by atoms with E-state index in [2.05, 4.69) is 4.90 Å². The summed E-state index contributed by atoms with van der Waals surface area (Å²) < 4.78 is 13.0. The molecule has 2 rings (SSSR count). The first kappa shape index (κ1) is 15.3. The van der Waals surface area contributed by atoms with Gasteiger partial charge < -0.3 is 5.11 Å². The van der Waals surface area contributed by atoms with E-state index >= 15 is 0 Å². The van der Waals surface area contributed by atoms with Crippen molar-refractivity contribution >= 4 is 17.6 Å². The van der Waals surface area contributed by atoms with Crippen LogP contribution in [0.25, 0.3) is 0 Å². The Balaban J connectivity index is 2.07. The molecule has 0 bridgehead atoms. The SMILES string of the molecule is CCCC1(C(=O)O)CCN(Cc2ccc(F)cc2Cl)C1. The Morgan fingerprint density at radius 2 is 2.30 bits per heavy atom. The third kappa shape index (κ3) is 3.13. The van der Waals surface area contributed by atoms with Crippen LogP contribution in [0.1, 0.15) is 31.7 Å². The first-order chi connectivity index (χ1) is 9.47. The highest BCUT2D eigenvalue weighted by Crippen LogP contribution is 2.36. The second-order valence-electron chi connectivity index (χ2n) is 5.53. The van der Waals surface area contributed by atoms with Gasteiger partial charge in [-0.1, -0.05) is 31.0 Å². The standard InChI is InChI=1S/C15H19ClFNO2/c1-2-5-15(14(19)20)6-7-18(10-15)9-11-3-4-12(17)8-13(11)16/h3-4,8H,2,5-7,9-10H2,1H3,(H,19,20). The van der Waals surface area contributed by atoms with Crippen molar-refractivity contribution in [2.24, 2.45) is 5.41 Å². The molecule has 5 heteroatoms. The summed E-state index contributed by atoms with van der Waals surface area (Å²) >= 11 is 6.02. The summed E-state index contributed by atoms with van der Waals surface area (Å²) in [7, 11) is 0.